The molecule has 0 unspecified atom stereocenters. The molecule has 118 valence electrons. The van der Waals surface area contributed by atoms with Crippen LogP contribution >= 0.6 is 0 Å². The van der Waals surface area contributed by atoms with E-state index in [1.54, 1.807) is 36.8 Å². The predicted octanol–water partition coefficient (Wildman–Crippen LogP) is 2.91. The van der Waals surface area contributed by atoms with Gasteiger partial charge in [0.2, 0.25) is 0 Å². The van der Waals surface area contributed by atoms with E-state index in [0.717, 1.165) is 5.65 Å². The first-order chi connectivity index (χ1) is 11.1. The summed E-state index contributed by atoms with van der Waals surface area (Å²) < 4.78 is 12.2. The quantitative estimate of drug-likeness (QED) is 0.804. The third kappa shape index (κ3) is 2.70. The first-order valence-electron chi connectivity index (χ1n) is 7.11. The molecule has 1 N–H and O–H groups in total. The Morgan fingerprint density at radius 2 is 2.00 bits per heavy atom. The topological polar surface area (TPSA) is 64.9 Å². The number of aryl methyl sites for hydroxylation is 1. The molecule has 3 rings (SSSR count). The molecule has 0 fully saturated rings. The summed E-state index contributed by atoms with van der Waals surface area (Å²) >= 11 is 0. The zero-order valence-corrected chi connectivity index (χ0v) is 13.2. The Kier molecular flexibility index (Phi) is 3.89. The lowest BCUT2D eigenvalue weighted by atomic mass is 10.2. The average molecular weight is 311 g/mol. The Morgan fingerprint density at radius 3 is 2.74 bits per heavy atom. The van der Waals surface area contributed by atoms with Crippen molar-refractivity contribution in [2.45, 2.75) is 6.92 Å². The van der Waals surface area contributed by atoms with E-state index in [1.165, 1.54) is 0 Å². The summed E-state index contributed by atoms with van der Waals surface area (Å²) in [4.78, 5) is 17.1. The summed E-state index contributed by atoms with van der Waals surface area (Å²) in [5, 5.41) is 2.87. The average Bonchev–Trinajstić information content (AvgIpc) is 2.90. The number of nitrogens with one attached hydrogen (secondary N) is 1. The first kappa shape index (κ1) is 14.9. The molecule has 0 spiro atoms. The van der Waals surface area contributed by atoms with Gasteiger partial charge in [-0.25, -0.2) is 4.98 Å². The van der Waals surface area contributed by atoms with Crippen LogP contribution in [0.2, 0.25) is 0 Å². The van der Waals surface area contributed by atoms with Crippen LogP contribution in [0.1, 0.15) is 16.2 Å². The molecule has 0 radical (unpaired) electrons. The number of methoxy groups -OCH3 is 2. The van der Waals surface area contributed by atoms with Crippen LogP contribution in [-0.4, -0.2) is 29.5 Å². The molecule has 0 saturated heterocycles. The summed E-state index contributed by atoms with van der Waals surface area (Å²) in [6, 6.07) is 10.8. The van der Waals surface area contributed by atoms with Gasteiger partial charge in [0.1, 0.15) is 22.8 Å². The number of ether oxygens (including phenoxy) is 2. The minimum atomic E-state index is -0.257. The van der Waals surface area contributed by atoms with E-state index in [-0.39, 0.29) is 5.91 Å². The number of hydrogen-bond donors (Lipinski definition) is 1. The van der Waals surface area contributed by atoms with Crippen molar-refractivity contribution in [3.8, 4) is 11.5 Å². The number of carbonyl (C=O) groups excluding carboxylic acids is 1. The fourth-order valence-electron chi connectivity index (χ4n) is 2.48. The second-order valence-corrected chi connectivity index (χ2v) is 4.99. The van der Waals surface area contributed by atoms with Gasteiger partial charge in [0.15, 0.2) is 0 Å². The van der Waals surface area contributed by atoms with Crippen LogP contribution in [0.15, 0.2) is 42.6 Å². The first-order valence-corrected chi connectivity index (χ1v) is 7.11. The highest BCUT2D eigenvalue weighted by molar-refractivity contribution is 6.05. The summed E-state index contributed by atoms with van der Waals surface area (Å²) in [6.07, 6.45) is 1.81. The minimum absolute atomic E-state index is 0.257. The zero-order chi connectivity index (χ0) is 16.4. The van der Waals surface area contributed by atoms with Gasteiger partial charge >= 0.3 is 0 Å². The van der Waals surface area contributed by atoms with E-state index in [9.17, 15) is 4.79 Å². The van der Waals surface area contributed by atoms with E-state index in [1.807, 2.05) is 31.3 Å². The Labute approximate surface area is 133 Å². The molecule has 2 aromatic heterocycles. The SMILES string of the molecule is COc1ccc(OC)c(NC(=O)c2c(C)nc3ccccn23)c1. The molecule has 6 nitrogen and oxygen atoms in total. The lowest BCUT2D eigenvalue weighted by molar-refractivity contribution is 0.102. The number of nitrogens with zero attached hydrogens (tertiary/aromatic N) is 2. The van der Waals surface area contributed by atoms with Crippen molar-refractivity contribution in [1.82, 2.24) is 9.38 Å². The van der Waals surface area contributed by atoms with Gasteiger partial charge in [-0.15, -0.1) is 0 Å². The van der Waals surface area contributed by atoms with E-state index >= 15 is 0 Å². The molecule has 0 saturated carbocycles. The van der Waals surface area contributed by atoms with Crippen LogP contribution < -0.4 is 14.8 Å². The Bertz CT molecular complexity index is 871. The van der Waals surface area contributed by atoms with Gasteiger partial charge in [-0.1, -0.05) is 6.07 Å². The number of benzene rings is 1. The maximum absolute atomic E-state index is 12.7. The van der Waals surface area contributed by atoms with Crippen molar-refractivity contribution in [2.24, 2.45) is 0 Å². The maximum atomic E-state index is 12.7. The lowest BCUT2D eigenvalue weighted by Crippen LogP contribution is -2.16. The fraction of sp³-hybridized carbons (Fsp3) is 0.176. The van der Waals surface area contributed by atoms with Crippen LogP contribution in [0.5, 0.6) is 11.5 Å². The predicted molar refractivity (Wildman–Crippen MR) is 87.4 cm³/mol. The van der Waals surface area contributed by atoms with Crippen molar-refractivity contribution in [1.29, 1.82) is 0 Å². The molecule has 0 aliphatic heterocycles. The zero-order valence-electron chi connectivity index (χ0n) is 13.2. The van der Waals surface area contributed by atoms with Crippen molar-refractivity contribution in [3.63, 3.8) is 0 Å². The second kappa shape index (κ2) is 6.00. The molecular weight excluding hydrogens is 294 g/mol. The summed E-state index contributed by atoms with van der Waals surface area (Å²) in [5.41, 5.74) is 2.43. The van der Waals surface area contributed by atoms with Crippen molar-refractivity contribution in [3.05, 3.63) is 54.0 Å². The normalized spacial score (nSPS) is 10.6. The molecule has 6 heteroatoms. The maximum Gasteiger partial charge on any atom is 0.274 e. The van der Waals surface area contributed by atoms with Gasteiger partial charge in [-0.3, -0.25) is 9.20 Å². The number of imidazole rings is 1. The highest BCUT2D eigenvalue weighted by Gasteiger charge is 2.18. The fourth-order valence-corrected chi connectivity index (χ4v) is 2.48. The molecule has 1 amide bonds. The van der Waals surface area contributed by atoms with Crippen molar-refractivity contribution in [2.75, 3.05) is 19.5 Å². The molecule has 0 aliphatic rings. The van der Waals surface area contributed by atoms with Gasteiger partial charge in [0.05, 0.1) is 25.6 Å². The van der Waals surface area contributed by atoms with Gasteiger partial charge in [0.25, 0.3) is 5.91 Å². The number of pyridine rings is 1. The second-order valence-electron chi connectivity index (χ2n) is 4.99. The van der Waals surface area contributed by atoms with Crippen molar-refractivity contribution < 1.29 is 14.3 Å². The lowest BCUT2D eigenvalue weighted by Gasteiger charge is -2.12. The number of rotatable bonds is 4. The van der Waals surface area contributed by atoms with Crippen molar-refractivity contribution >= 4 is 17.2 Å². The molecule has 3 aromatic rings. The van der Waals surface area contributed by atoms with E-state index in [0.29, 0.717) is 28.6 Å². The number of carbonyl (C=O) groups is 1. The van der Waals surface area contributed by atoms with Crippen LogP contribution in [0.25, 0.3) is 5.65 Å². The highest BCUT2D eigenvalue weighted by Crippen LogP contribution is 2.29. The Balaban J connectivity index is 1.99. The molecule has 1 aromatic carbocycles. The van der Waals surface area contributed by atoms with E-state index in [4.69, 9.17) is 9.47 Å². The number of fused-ring (bicyclic) bond motifs is 1. The van der Waals surface area contributed by atoms with Gasteiger partial charge in [0, 0.05) is 12.3 Å². The van der Waals surface area contributed by atoms with Crippen LogP contribution in [0, 0.1) is 6.92 Å². The number of amides is 1. The largest absolute Gasteiger partial charge is 0.497 e. The standard InChI is InChI=1S/C17H17N3O3/c1-11-16(20-9-5-4-6-15(20)18-11)17(21)19-13-10-12(22-2)7-8-14(13)23-3/h4-10H,1-3H3,(H,19,21). The number of anilines is 1. The Hall–Kier alpha value is -3.02. The molecule has 0 aliphatic carbocycles. The van der Waals surface area contributed by atoms with Gasteiger partial charge < -0.3 is 14.8 Å². The third-order valence-corrected chi connectivity index (χ3v) is 3.57. The molecule has 0 atom stereocenters. The van der Waals surface area contributed by atoms with Gasteiger partial charge in [-0.2, -0.15) is 0 Å². The van der Waals surface area contributed by atoms with E-state index < -0.39 is 0 Å². The molecule has 0 bridgehead atoms. The minimum Gasteiger partial charge on any atom is -0.497 e. The number of hydrogen-bond acceptors (Lipinski definition) is 4. The number of aromatic nitrogens is 2. The highest BCUT2D eigenvalue weighted by atomic mass is 16.5. The van der Waals surface area contributed by atoms with Crippen LogP contribution in [0.3, 0.4) is 0 Å². The monoisotopic (exact) mass is 311 g/mol. The van der Waals surface area contributed by atoms with Crippen LogP contribution in [-0.2, 0) is 0 Å². The molecule has 2 heterocycles. The third-order valence-electron chi connectivity index (χ3n) is 3.57. The molecule has 23 heavy (non-hydrogen) atoms. The summed E-state index contributed by atoms with van der Waals surface area (Å²) in [6.45, 7) is 1.81. The summed E-state index contributed by atoms with van der Waals surface area (Å²) in [7, 11) is 3.12. The molecular formula is C17H17N3O3. The smallest absolute Gasteiger partial charge is 0.274 e. The van der Waals surface area contributed by atoms with E-state index in [2.05, 4.69) is 10.3 Å². The van der Waals surface area contributed by atoms with Gasteiger partial charge in [-0.05, 0) is 31.2 Å². The Morgan fingerprint density at radius 1 is 1.17 bits per heavy atom. The summed E-state index contributed by atoms with van der Waals surface area (Å²) in [5.74, 6) is 0.939. The van der Waals surface area contributed by atoms with Crippen LogP contribution in [0.4, 0.5) is 5.69 Å².